The molecule has 0 bridgehead atoms. The van der Waals surface area contributed by atoms with Gasteiger partial charge in [0, 0.05) is 7.05 Å². The molecule has 1 aliphatic heterocycles. The van der Waals surface area contributed by atoms with Crippen molar-refractivity contribution in [3.63, 3.8) is 0 Å². The molecule has 0 amide bonds. The summed E-state index contributed by atoms with van der Waals surface area (Å²) in [6.07, 6.45) is 2.24. The van der Waals surface area contributed by atoms with Crippen LogP contribution >= 0.6 is 0 Å². The molecule has 1 unspecified atom stereocenters. The van der Waals surface area contributed by atoms with Crippen molar-refractivity contribution in [3.8, 4) is 0 Å². The zero-order chi connectivity index (χ0) is 12.0. The Kier molecular flexibility index (Phi) is 2.23. The third kappa shape index (κ3) is 1.55. The summed E-state index contributed by atoms with van der Waals surface area (Å²) in [5.41, 5.74) is 1.64. The average molecular weight is 233 g/mol. The quantitative estimate of drug-likeness (QED) is 0.819. The Labute approximate surface area is 99.7 Å². The minimum atomic E-state index is -0.211. The first-order valence-corrected chi connectivity index (χ1v) is 5.98. The first kappa shape index (κ1) is 10.7. The maximum atomic E-state index is 13.2. The van der Waals surface area contributed by atoms with Crippen LogP contribution in [0.1, 0.15) is 25.6 Å². The van der Waals surface area contributed by atoms with Crippen molar-refractivity contribution >= 4 is 11.0 Å². The number of nitrogens with one attached hydrogen (secondary N) is 1. The Morgan fingerprint density at radius 2 is 2.29 bits per heavy atom. The maximum Gasteiger partial charge on any atom is 0.129 e. The van der Waals surface area contributed by atoms with Gasteiger partial charge in [-0.25, -0.2) is 9.37 Å². The van der Waals surface area contributed by atoms with Crippen LogP contribution in [0.2, 0.25) is 0 Å². The minimum absolute atomic E-state index is 0.0791. The molecule has 1 aliphatic rings. The van der Waals surface area contributed by atoms with Crippen LogP contribution in [-0.4, -0.2) is 16.1 Å². The molecule has 1 aromatic heterocycles. The van der Waals surface area contributed by atoms with Gasteiger partial charge >= 0.3 is 0 Å². The summed E-state index contributed by atoms with van der Waals surface area (Å²) in [7, 11) is 1.95. The molecular weight excluding hydrogens is 217 g/mol. The number of aromatic nitrogens is 2. The number of rotatable bonds is 1. The van der Waals surface area contributed by atoms with Crippen LogP contribution in [0.25, 0.3) is 11.0 Å². The van der Waals surface area contributed by atoms with Crippen LogP contribution in [0, 0.1) is 5.82 Å². The molecule has 2 aromatic rings. The van der Waals surface area contributed by atoms with Gasteiger partial charge in [0.05, 0.1) is 16.6 Å². The smallest absolute Gasteiger partial charge is 0.129 e. The molecule has 1 atom stereocenters. The van der Waals surface area contributed by atoms with E-state index in [0.717, 1.165) is 36.2 Å². The summed E-state index contributed by atoms with van der Waals surface area (Å²) < 4.78 is 15.2. The van der Waals surface area contributed by atoms with Crippen molar-refractivity contribution in [2.75, 3.05) is 6.54 Å². The van der Waals surface area contributed by atoms with Crippen molar-refractivity contribution in [2.45, 2.75) is 25.3 Å². The molecular formula is C13H16FN3. The molecule has 0 radical (unpaired) electrons. The van der Waals surface area contributed by atoms with Gasteiger partial charge in [0.2, 0.25) is 0 Å². The third-order valence-corrected chi connectivity index (χ3v) is 3.71. The Balaban J connectivity index is 2.20. The van der Waals surface area contributed by atoms with Crippen molar-refractivity contribution < 1.29 is 4.39 Å². The molecule has 2 heterocycles. The first-order valence-electron chi connectivity index (χ1n) is 5.98. The highest BCUT2D eigenvalue weighted by Gasteiger charge is 2.34. The Morgan fingerprint density at radius 3 is 3.00 bits per heavy atom. The highest BCUT2D eigenvalue weighted by molar-refractivity contribution is 5.76. The van der Waals surface area contributed by atoms with E-state index in [4.69, 9.17) is 0 Å². The number of fused-ring (bicyclic) bond motifs is 1. The van der Waals surface area contributed by atoms with E-state index >= 15 is 0 Å². The van der Waals surface area contributed by atoms with Gasteiger partial charge in [-0.3, -0.25) is 0 Å². The lowest BCUT2D eigenvalue weighted by Gasteiger charge is -2.23. The van der Waals surface area contributed by atoms with E-state index in [9.17, 15) is 4.39 Å². The first-order chi connectivity index (χ1) is 8.10. The van der Waals surface area contributed by atoms with Gasteiger partial charge in [-0.05, 0) is 44.5 Å². The van der Waals surface area contributed by atoms with Crippen molar-refractivity contribution in [3.05, 3.63) is 29.8 Å². The lowest BCUT2D eigenvalue weighted by molar-refractivity contribution is 0.397. The molecule has 90 valence electrons. The second-order valence-corrected chi connectivity index (χ2v) is 4.99. The van der Waals surface area contributed by atoms with Gasteiger partial charge in [-0.1, -0.05) is 0 Å². The SMILES string of the molecule is Cn1c(C2(C)CCCN2)nc2ccc(F)cc21. The second kappa shape index (κ2) is 3.53. The standard InChI is InChI=1S/C13H16FN3/c1-13(6-3-7-15-13)12-16-10-5-4-9(14)8-11(10)17(12)2/h4-5,8,15H,3,6-7H2,1-2H3. The van der Waals surface area contributed by atoms with Crippen LogP contribution in [0.3, 0.4) is 0 Å². The zero-order valence-electron chi connectivity index (χ0n) is 10.1. The molecule has 1 fully saturated rings. The Morgan fingerprint density at radius 1 is 1.47 bits per heavy atom. The molecule has 0 spiro atoms. The van der Waals surface area contributed by atoms with Gasteiger partial charge in [-0.2, -0.15) is 0 Å². The molecule has 4 heteroatoms. The second-order valence-electron chi connectivity index (χ2n) is 4.99. The lowest BCUT2D eigenvalue weighted by Crippen LogP contribution is -2.35. The highest BCUT2D eigenvalue weighted by atomic mass is 19.1. The molecule has 0 aliphatic carbocycles. The summed E-state index contributed by atoms with van der Waals surface area (Å²) in [4.78, 5) is 4.64. The van der Waals surface area contributed by atoms with E-state index in [1.54, 1.807) is 12.1 Å². The predicted molar refractivity (Wildman–Crippen MR) is 65.3 cm³/mol. The van der Waals surface area contributed by atoms with E-state index < -0.39 is 0 Å². The summed E-state index contributed by atoms with van der Waals surface area (Å²) in [5, 5.41) is 3.49. The van der Waals surface area contributed by atoms with Gasteiger partial charge in [0.15, 0.2) is 0 Å². The van der Waals surface area contributed by atoms with Crippen LogP contribution in [0.15, 0.2) is 18.2 Å². The van der Waals surface area contributed by atoms with Crippen LogP contribution in [0.5, 0.6) is 0 Å². The highest BCUT2D eigenvalue weighted by Crippen LogP contribution is 2.31. The van der Waals surface area contributed by atoms with E-state index in [0.29, 0.717) is 0 Å². The average Bonchev–Trinajstić information content (AvgIpc) is 2.86. The van der Waals surface area contributed by atoms with Crippen molar-refractivity contribution in [1.29, 1.82) is 0 Å². The molecule has 1 N–H and O–H groups in total. The van der Waals surface area contributed by atoms with E-state index in [2.05, 4.69) is 17.2 Å². The van der Waals surface area contributed by atoms with Crippen molar-refractivity contribution in [1.82, 2.24) is 14.9 Å². The molecule has 3 rings (SSSR count). The lowest BCUT2D eigenvalue weighted by atomic mass is 9.99. The Hall–Kier alpha value is -1.42. The van der Waals surface area contributed by atoms with Gasteiger partial charge in [0.25, 0.3) is 0 Å². The van der Waals surface area contributed by atoms with Crippen LogP contribution in [-0.2, 0) is 12.6 Å². The van der Waals surface area contributed by atoms with Crippen molar-refractivity contribution in [2.24, 2.45) is 7.05 Å². The summed E-state index contributed by atoms with van der Waals surface area (Å²) >= 11 is 0. The van der Waals surface area contributed by atoms with E-state index in [1.165, 1.54) is 6.07 Å². The predicted octanol–water partition coefficient (Wildman–Crippen LogP) is 2.31. The largest absolute Gasteiger partial charge is 0.329 e. The van der Waals surface area contributed by atoms with Gasteiger partial charge in [-0.15, -0.1) is 0 Å². The fourth-order valence-electron chi connectivity index (χ4n) is 2.74. The molecule has 1 saturated heterocycles. The van der Waals surface area contributed by atoms with Crippen LogP contribution in [0.4, 0.5) is 4.39 Å². The summed E-state index contributed by atoms with van der Waals surface area (Å²) in [6, 6.07) is 4.75. The van der Waals surface area contributed by atoms with Gasteiger partial charge < -0.3 is 9.88 Å². The molecule has 1 aromatic carbocycles. The molecule has 17 heavy (non-hydrogen) atoms. The maximum absolute atomic E-state index is 13.2. The third-order valence-electron chi connectivity index (χ3n) is 3.71. The van der Waals surface area contributed by atoms with E-state index in [-0.39, 0.29) is 11.4 Å². The normalized spacial score (nSPS) is 24.6. The minimum Gasteiger partial charge on any atom is -0.329 e. The number of imidazole rings is 1. The number of aryl methyl sites for hydroxylation is 1. The summed E-state index contributed by atoms with van der Waals surface area (Å²) in [5.74, 6) is 0.784. The fourth-order valence-corrected chi connectivity index (χ4v) is 2.74. The number of hydrogen-bond acceptors (Lipinski definition) is 2. The number of nitrogens with zero attached hydrogens (tertiary/aromatic N) is 2. The molecule has 0 saturated carbocycles. The fraction of sp³-hybridized carbons (Fsp3) is 0.462. The monoisotopic (exact) mass is 233 g/mol. The number of benzene rings is 1. The zero-order valence-corrected chi connectivity index (χ0v) is 10.1. The number of halogens is 1. The van der Waals surface area contributed by atoms with Gasteiger partial charge in [0.1, 0.15) is 11.6 Å². The summed E-state index contributed by atoms with van der Waals surface area (Å²) in [6.45, 7) is 3.19. The topological polar surface area (TPSA) is 29.9 Å². The van der Waals surface area contributed by atoms with Crippen LogP contribution < -0.4 is 5.32 Å². The molecule has 3 nitrogen and oxygen atoms in total. The number of hydrogen-bond donors (Lipinski definition) is 1. The van der Waals surface area contributed by atoms with E-state index in [1.807, 2.05) is 11.6 Å². The Bertz CT molecular complexity index is 567.